The Morgan fingerprint density at radius 3 is 2.77 bits per heavy atom. The molecule has 1 aliphatic heterocycles. The summed E-state index contributed by atoms with van der Waals surface area (Å²) >= 11 is 11.3. The molecule has 0 aliphatic carbocycles. The number of amides is 1. The molecule has 1 amide bonds. The van der Waals surface area contributed by atoms with Crippen molar-refractivity contribution in [3.63, 3.8) is 0 Å². The molecule has 0 radical (unpaired) electrons. The van der Waals surface area contributed by atoms with Gasteiger partial charge in [-0.1, -0.05) is 35.0 Å². The van der Waals surface area contributed by atoms with Gasteiger partial charge in [-0.15, -0.1) is 0 Å². The number of sulfone groups is 1. The summed E-state index contributed by atoms with van der Waals surface area (Å²) in [5.74, 6) is -0.0660. The Hall–Kier alpha value is -1.97. The summed E-state index contributed by atoms with van der Waals surface area (Å²) in [4.78, 5) is 12.6. The predicted octanol–water partition coefficient (Wildman–Crippen LogP) is 2.09. The highest BCUT2D eigenvalue weighted by atomic mass is 35.5. The molecule has 0 unspecified atom stereocenters. The lowest BCUT2D eigenvalue weighted by Crippen LogP contribution is -2.45. The van der Waals surface area contributed by atoms with Crippen LogP contribution in [0.2, 0.25) is 5.02 Å². The van der Waals surface area contributed by atoms with Crippen molar-refractivity contribution in [3.05, 3.63) is 40.6 Å². The van der Waals surface area contributed by atoms with E-state index in [1.54, 1.807) is 31.2 Å². The summed E-state index contributed by atoms with van der Waals surface area (Å²) in [6.07, 6.45) is 0.454. The minimum atomic E-state index is -3.04. The van der Waals surface area contributed by atoms with Gasteiger partial charge in [-0.3, -0.25) is 10.1 Å². The molecule has 138 valence electrons. The first-order valence-electron chi connectivity index (χ1n) is 7.80. The maximum absolute atomic E-state index is 12.6. The molecule has 1 aliphatic rings. The molecule has 1 fully saturated rings. The van der Waals surface area contributed by atoms with Crippen molar-refractivity contribution in [2.24, 2.45) is 0 Å². The first-order chi connectivity index (χ1) is 12.3. The molecule has 7 nitrogen and oxygen atoms in total. The van der Waals surface area contributed by atoms with Gasteiger partial charge in [-0.25, -0.2) is 8.42 Å². The lowest BCUT2D eigenvalue weighted by atomic mass is 10.1. The lowest BCUT2D eigenvalue weighted by molar-refractivity contribution is 0.0975. The number of carbonyl (C=O) groups excluding carboxylic acids is 1. The minimum absolute atomic E-state index is 0.000176. The van der Waals surface area contributed by atoms with E-state index in [0.717, 1.165) is 0 Å². The highest BCUT2D eigenvalue weighted by molar-refractivity contribution is 7.91. The van der Waals surface area contributed by atoms with E-state index in [-0.39, 0.29) is 28.2 Å². The van der Waals surface area contributed by atoms with Gasteiger partial charge >= 0.3 is 0 Å². The number of carbonyl (C=O) groups is 1. The average Bonchev–Trinajstić information content (AvgIpc) is 3.10. The van der Waals surface area contributed by atoms with Crippen LogP contribution >= 0.6 is 23.8 Å². The third-order valence-electron chi connectivity index (χ3n) is 4.01. The second-order valence-corrected chi connectivity index (χ2v) is 9.01. The molecule has 0 bridgehead atoms. The summed E-state index contributed by atoms with van der Waals surface area (Å²) in [5.41, 5.74) is 1.11. The largest absolute Gasteiger partial charge is 0.360 e. The second-order valence-electron chi connectivity index (χ2n) is 5.97. The smallest absolute Gasteiger partial charge is 0.263 e. The van der Waals surface area contributed by atoms with E-state index in [0.29, 0.717) is 28.5 Å². The molecule has 1 aromatic carbocycles. The van der Waals surface area contributed by atoms with Crippen molar-refractivity contribution in [2.75, 3.05) is 11.5 Å². The number of nitrogens with zero attached hydrogens (tertiary/aromatic N) is 1. The van der Waals surface area contributed by atoms with Crippen LogP contribution in [-0.4, -0.2) is 42.1 Å². The zero-order chi connectivity index (χ0) is 18.9. The molecule has 2 heterocycles. The number of hydrogen-bond donors (Lipinski definition) is 2. The Labute approximate surface area is 161 Å². The van der Waals surface area contributed by atoms with E-state index in [1.165, 1.54) is 0 Å². The van der Waals surface area contributed by atoms with Gasteiger partial charge in [0, 0.05) is 11.6 Å². The number of rotatable bonds is 3. The van der Waals surface area contributed by atoms with Crippen LogP contribution in [0.25, 0.3) is 11.3 Å². The lowest BCUT2D eigenvalue weighted by Gasteiger charge is -2.14. The molecule has 10 heteroatoms. The van der Waals surface area contributed by atoms with Crippen LogP contribution in [-0.2, 0) is 9.84 Å². The molecule has 0 spiro atoms. The van der Waals surface area contributed by atoms with Crippen LogP contribution in [0.5, 0.6) is 0 Å². The Morgan fingerprint density at radius 2 is 2.12 bits per heavy atom. The normalized spacial score (nSPS) is 18.5. The predicted molar refractivity (Wildman–Crippen MR) is 102 cm³/mol. The van der Waals surface area contributed by atoms with Crippen LogP contribution < -0.4 is 10.6 Å². The van der Waals surface area contributed by atoms with Gasteiger partial charge in [0.1, 0.15) is 17.0 Å². The third kappa shape index (κ3) is 4.05. The Morgan fingerprint density at radius 1 is 1.38 bits per heavy atom. The first-order valence-corrected chi connectivity index (χ1v) is 10.4. The second kappa shape index (κ2) is 7.34. The quantitative estimate of drug-likeness (QED) is 0.743. The van der Waals surface area contributed by atoms with Crippen LogP contribution in [0, 0.1) is 6.92 Å². The molecule has 1 aromatic heterocycles. The summed E-state index contributed by atoms with van der Waals surface area (Å²) < 4.78 is 28.2. The zero-order valence-corrected chi connectivity index (χ0v) is 16.2. The molecule has 3 rings (SSSR count). The van der Waals surface area contributed by atoms with Crippen LogP contribution in [0.1, 0.15) is 22.5 Å². The fourth-order valence-corrected chi connectivity index (χ4v) is 4.93. The van der Waals surface area contributed by atoms with Gasteiger partial charge in [0.15, 0.2) is 14.9 Å². The summed E-state index contributed by atoms with van der Waals surface area (Å²) in [6.45, 7) is 1.61. The maximum Gasteiger partial charge on any atom is 0.263 e. The number of halogens is 1. The molecule has 1 saturated heterocycles. The van der Waals surface area contributed by atoms with E-state index in [1.807, 2.05) is 0 Å². The SMILES string of the molecule is Cc1onc(-c2ccccc2Cl)c1C(=O)NC(=S)N[C@H]1CCS(=O)(=O)C1. The van der Waals surface area contributed by atoms with Crippen molar-refractivity contribution in [1.29, 1.82) is 0 Å². The van der Waals surface area contributed by atoms with E-state index < -0.39 is 15.7 Å². The summed E-state index contributed by atoms with van der Waals surface area (Å²) in [6, 6.07) is 6.66. The van der Waals surface area contributed by atoms with E-state index in [9.17, 15) is 13.2 Å². The summed E-state index contributed by atoms with van der Waals surface area (Å²) in [7, 11) is -3.04. The fraction of sp³-hybridized carbons (Fsp3) is 0.312. The highest BCUT2D eigenvalue weighted by Crippen LogP contribution is 2.30. The average molecular weight is 414 g/mol. The van der Waals surface area contributed by atoms with Gasteiger partial charge in [-0.2, -0.15) is 0 Å². The molecule has 2 N–H and O–H groups in total. The van der Waals surface area contributed by atoms with Crippen molar-refractivity contribution in [2.45, 2.75) is 19.4 Å². The van der Waals surface area contributed by atoms with Gasteiger partial charge in [-0.05, 0) is 31.6 Å². The van der Waals surface area contributed by atoms with E-state index >= 15 is 0 Å². The fourth-order valence-electron chi connectivity index (χ4n) is 2.77. The monoisotopic (exact) mass is 413 g/mol. The Bertz CT molecular complexity index is 972. The minimum Gasteiger partial charge on any atom is -0.360 e. The third-order valence-corrected chi connectivity index (χ3v) is 6.33. The Kier molecular flexibility index (Phi) is 5.31. The number of thiocarbonyl (C=S) groups is 1. The molecule has 0 saturated carbocycles. The number of benzene rings is 1. The van der Waals surface area contributed by atoms with E-state index in [4.69, 9.17) is 28.3 Å². The number of aromatic nitrogens is 1. The van der Waals surface area contributed by atoms with Crippen molar-refractivity contribution in [3.8, 4) is 11.3 Å². The van der Waals surface area contributed by atoms with Crippen molar-refractivity contribution in [1.82, 2.24) is 15.8 Å². The topological polar surface area (TPSA) is 101 Å². The van der Waals surface area contributed by atoms with Crippen LogP contribution in [0.4, 0.5) is 0 Å². The van der Waals surface area contributed by atoms with E-state index in [2.05, 4.69) is 15.8 Å². The molecule has 26 heavy (non-hydrogen) atoms. The van der Waals surface area contributed by atoms with Gasteiger partial charge < -0.3 is 9.84 Å². The Balaban J connectivity index is 1.76. The van der Waals surface area contributed by atoms with Gasteiger partial charge in [0.25, 0.3) is 5.91 Å². The first kappa shape index (κ1) is 18.8. The number of nitrogens with one attached hydrogen (secondary N) is 2. The molecule has 1 atom stereocenters. The van der Waals surface area contributed by atoms with Crippen molar-refractivity contribution < 1.29 is 17.7 Å². The molecule has 2 aromatic rings. The standard InChI is InChI=1S/C16H16ClN3O4S2/c1-9-13(14(20-24-9)11-4-2-3-5-12(11)17)15(21)19-16(25)18-10-6-7-26(22,23)8-10/h2-5,10H,6-8H2,1H3,(H2,18,19,21,25)/t10-/m0/s1. The highest BCUT2D eigenvalue weighted by Gasteiger charge is 2.29. The zero-order valence-electron chi connectivity index (χ0n) is 13.8. The molecular formula is C16H16ClN3O4S2. The summed E-state index contributed by atoms with van der Waals surface area (Å²) in [5, 5.41) is 9.84. The van der Waals surface area contributed by atoms with Crippen LogP contribution in [0.3, 0.4) is 0 Å². The van der Waals surface area contributed by atoms with Gasteiger partial charge in [0.05, 0.1) is 16.5 Å². The van der Waals surface area contributed by atoms with Crippen molar-refractivity contribution >= 4 is 44.7 Å². The van der Waals surface area contributed by atoms with Crippen LogP contribution in [0.15, 0.2) is 28.8 Å². The van der Waals surface area contributed by atoms with Gasteiger partial charge in [0.2, 0.25) is 0 Å². The number of hydrogen-bond acceptors (Lipinski definition) is 6. The maximum atomic E-state index is 12.6. The number of aryl methyl sites for hydroxylation is 1. The molecular weight excluding hydrogens is 398 g/mol.